The van der Waals surface area contributed by atoms with E-state index < -0.39 is 11.7 Å². The van der Waals surface area contributed by atoms with Crippen LogP contribution < -0.4 is 5.32 Å². The summed E-state index contributed by atoms with van der Waals surface area (Å²) in [5, 5.41) is 3.13. The van der Waals surface area contributed by atoms with Crippen molar-refractivity contribution in [3.05, 3.63) is 29.8 Å². The van der Waals surface area contributed by atoms with Gasteiger partial charge in [0, 0.05) is 11.7 Å². The van der Waals surface area contributed by atoms with Crippen molar-refractivity contribution < 1.29 is 13.2 Å². The third-order valence-corrected chi connectivity index (χ3v) is 4.31. The third kappa shape index (κ3) is 2.08. The second-order valence-electron chi connectivity index (χ2n) is 5.47. The molecule has 2 aliphatic rings. The van der Waals surface area contributed by atoms with E-state index in [1.165, 1.54) is 25.0 Å². The number of para-hydroxylation sites is 1. The lowest BCUT2D eigenvalue weighted by molar-refractivity contribution is -0.137. The highest BCUT2D eigenvalue weighted by molar-refractivity contribution is 5.53. The van der Waals surface area contributed by atoms with Crippen molar-refractivity contribution in [3.8, 4) is 0 Å². The van der Waals surface area contributed by atoms with E-state index in [0.717, 1.165) is 24.8 Å². The first-order valence-corrected chi connectivity index (χ1v) is 6.47. The molecule has 2 bridgehead atoms. The molecule has 0 radical (unpaired) electrons. The highest BCUT2D eigenvalue weighted by atomic mass is 19.4. The molecule has 1 aromatic carbocycles. The number of nitrogens with one attached hydrogen (secondary N) is 1. The number of fused-ring (bicyclic) bond motifs is 2. The van der Waals surface area contributed by atoms with E-state index >= 15 is 0 Å². The van der Waals surface area contributed by atoms with E-state index in [1.807, 2.05) is 0 Å². The highest BCUT2D eigenvalue weighted by Gasteiger charge is 2.40. The molecule has 0 amide bonds. The predicted molar refractivity (Wildman–Crippen MR) is 64.3 cm³/mol. The van der Waals surface area contributed by atoms with Crippen LogP contribution in [-0.2, 0) is 6.18 Å². The molecule has 1 N–H and O–H groups in total. The van der Waals surface area contributed by atoms with Crippen LogP contribution in [0.15, 0.2) is 24.3 Å². The minimum Gasteiger partial charge on any atom is -0.382 e. The molecule has 3 rings (SSSR count). The van der Waals surface area contributed by atoms with Crippen molar-refractivity contribution in [1.29, 1.82) is 0 Å². The molecule has 3 atom stereocenters. The number of benzene rings is 1. The highest BCUT2D eigenvalue weighted by Crippen LogP contribution is 2.46. The van der Waals surface area contributed by atoms with Crippen LogP contribution in [0.5, 0.6) is 0 Å². The Kier molecular flexibility index (Phi) is 2.76. The van der Waals surface area contributed by atoms with Crippen molar-refractivity contribution >= 4 is 5.69 Å². The summed E-state index contributed by atoms with van der Waals surface area (Å²) >= 11 is 0. The molecular formula is C14H16F3N. The lowest BCUT2D eigenvalue weighted by Crippen LogP contribution is -2.27. The number of hydrogen-bond acceptors (Lipinski definition) is 1. The number of hydrogen-bond donors (Lipinski definition) is 1. The van der Waals surface area contributed by atoms with Gasteiger partial charge in [-0.25, -0.2) is 0 Å². The Bertz CT molecular complexity index is 441. The maximum Gasteiger partial charge on any atom is 0.418 e. The molecule has 4 heteroatoms. The number of alkyl halides is 3. The minimum atomic E-state index is -4.28. The van der Waals surface area contributed by atoms with Gasteiger partial charge in [-0.1, -0.05) is 18.6 Å². The summed E-state index contributed by atoms with van der Waals surface area (Å²) in [7, 11) is 0. The van der Waals surface area contributed by atoms with Gasteiger partial charge in [0.1, 0.15) is 0 Å². The van der Waals surface area contributed by atoms with Gasteiger partial charge in [0.15, 0.2) is 0 Å². The molecule has 1 nitrogen and oxygen atoms in total. The number of rotatable bonds is 2. The van der Waals surface area contributed by atoms with E-state index in [9.17, 15) is 13.2 Å². The maximum atomic E-state index is 12.9. The first-order valence-electron chi connectivity index (χ1n) is 6.47. The quantitative estimate of drug-likeness (QED) is 0.830. The lowest BCUT2D eigenvalue weighted by Gasteiger charge is -2.25. The summed E-state index contributed by atoms with van der Waals surface area (Å²) in [5.41, 5.74) is -0.310. The van der Waals surface area contributed by atoms with Gasteiger partial charge >= 0.3 is 6.18 Å². The predicted octanol–water partition coefficient (Wildman–Crippen LogP) is 4.31. The van der Waals surface area contributed by atoms with Crippen LogP contribution in [0.1, 0.15) is 31.2 Å². The van der Waals surface area contributed by atoms with Crippen molar-refractivity contribution in [3.63, 3.8) is 0 Å². The zero-order chi connectivity index (χ0) is 12.8. The number of anilines is 1. The largest absolute Gasteiger partial charge is 0.418 e. The van der Waals surface area contributed by atoms with Crippen LogP contribution in [0.25, 0.3) is 0 Å². The van der Waals surface area contributed by atoms with E-state index in [4.69, 9.17) is 0 Å². The number of halogens is 3. The zero-order valence-electron chi connectivity index (χ0n) is 10.0. The molecule has 0 spiro atoms. The van der Waals surface area contributed by atoms with Gasteiger partial charge in [0.05, 0.1) is 5.56 Å². The van der Waals surface area contributed by atoms with Gasteiger partial charge in [0.25, 0.3) is 0 Å². The van der Waals surface area contributed by atoms with Gasteiger partial charge in [-0.15, -0.1) is 0 Å². The van der Waals surface area contributed by atoms with Crippen molar-refractivity contribution in [2.24, 2.45) is 11.8 Å². The van der Waals surface area contributed by atoms with Gasteiger partial charge < -0.3 is 5.32 Å². The molecule has 0 saturated heterocycles. The topological polar surface area (TPSA) is 12.0 Å². The molecular weight excluding hydrogens is 239 g/mol. The Balaban J connectivity index is 1.81. The summed E-state index contributed by atoms with van der Waals surface area (Å²) in [4.78, 5) is 0. The Morgan fingerprint density at radius 3 is 2.44 bits per heavy atom. The Hall–Kier alpha value is -1.19. The Morgan fingerprint density at radius 2 is 1.83 bits per heavy atom. The Morgan fingerprint density at radius 1 is 1.06 bits per heavy atom. The Labute approximate surface area is 104 Å². The van der Waals surface area contributed by atoms with Crippen LogP contribution in [0, 0.1) is 11.8 Å². The molecule has 2 fully saturated rings. The second-order valence-corrected chi connectivity index (χ2v) is 5.47. The van der Waals surface area contributed by atoms with Crippen LogP contribution in [0.3, 0.4) is 0 Å². The SMILES string of the molecule is FC(F)(F)c1ccccc1NC1CC2CCC1C2. The van der Waals surface area contributed by atoms with Crippen LogP contribution in [-0.4, -0.2) is 6.04 Å². The molecule has 0 aliphatic heterocycles. The minimum absolute atomic E-state index is 0.229. The molecule has 2 saturated carbocycles. The van der Waals surface area contributed by atoms with Crippen LogP contribution >= 0.6 is 0 Å². The third-order valence-electron chi connectivity index (χ3n) is 4.31. The zero-order valence-corrected chi connectivity index (χ0v) is 10.0. The van der Waals surface area contributed by atoms with Crippen LogP contribution in [0.4, 0.5) is 18.9 Å². The van der Waals surface area contributed by atoms with Crippen LogP contribution in [0.2, 0.25) is 0 Å². The normalized spacial score (nSPS) is 30.7. The van der Waals surface area contributed by atoms with E-state index in [-0.39, 0.29) is 11.7 Å². The van der Waals surface area contributed by atoms with Gasteiger partial charge in [-0.3, -0.25) is 0 Å². The summed E-state index contributed by atoms with van der Waals surface area (Å²) in [5.74, 6) is 1.29. The molecule has 98 valence electrons. The molecule has 0 aromatic heterocycles. The van der Waals surface area contributed by atoms with Gasteiger partial charge in [0.2, 0.25) is 0 Å². The van der Waals surface area contributed by atoms with Gasteiger partial charge in [-0.2, -0.15) is 13.2 Å². The van der Waals surface area contributed by atoms with Crippen molar-refractivity contribution in [2.45, 2.75) is 37.9 Å². The average molecular weight is 255 g/mol. The second kappa shape index (κ2) is 4.18. The average Bonchev–Trinajstić information content (AvgIpc) is 2.90. The van der Waals surface area contributed by atoms with Crippen molar-refractivity contribution in [2.75, 3.05) is 5.32 Å². The standard InChI is InChI=1S/C14H16F3N/c15-14(16,17)11-3-1-2-4-12(11)18-13-8-9-5-6-10(13)7-9/h1-4,9-10,13,18H,5-8H2. The van der Waals surface area contributed by atoms with Crippen molar-refractivity contribution in [1.82, 2.24) is 0 Å². The summed E-state index contributed by atoms with van der Waals surface area (Å²) < 4.78 is 38.6. The summed E-state index contributed by atoms with van der Waals surface area (Å²) in [6, 6.07) is 6.01. The smallest absolute Gasteiger partial charge is 0.382 e. The fourth-order valence-corrected chi connectivity index (χ4v) is 3.48. The van der Waals surface area contributed by atoms with E-state index in [2.05, 4.69) is 5.32 Å². The molecule has 3 unspecified atom stereocenters. The molecule has 18 heavy (non-hydrogen) atoms. The molecule has 2 aliphatic carbocycles. The fraction of sp³-hybridized carbons (Fsp3) is 0.571. The van der Waals surface area contributed by atoms with E-state index in [1.54, 1.807) is 6.07 Å². The fourth-order valence-electron chi connectivity index (χ4n) is 3.48. The monoisotopic (exact) mass is 255 g/mol. The first kappa shape index (κ1) is 11.9. The lowest BCUT2D eigenvalue weighted by atomic mass is 9.95. The summed E-state index contributed by atoms with van der Waals surface area (Å²) in [6.07, 6.45) is 0.351. The van der Waals surface area contributed by atoms with Gasteiger partial charge in [-0.05, 0) is 43.2 Å². The molecule has 0 heterocycles. The van der Waals surface area contributed by atoms with E-state index in [0.29, 0.717) is 5.92 Å². The first-order chi connectivity index (χ1) is 8.54. The molecule has 1 aromatic rings. The summed E-state index contributed by atoms with van der Waals surface area (Å²) in [6.45, 7) is 0. The maximum absolute atomic E-state index is 12.9.